The summed E-state index contributed by atoms with van der Waals surface area (Å²) in [6.45, 7) is 6.73. The lowest BCUT2D eigenvalue weighted by molar-refractivity contribution is 0.0951. The number of fused-ring (bicyclic) bond motifs is 1. The van der Waals surface area contributed by atoms with Crippen molar-refractivity contribution in [3.05, 3.63) is 65.0 Å². The van der Waals surface area contributed by atoms with Crippen molar-refractivity contribution in [3.63, 3.8) is 0 Å². The predicted octanol–water partition coefficient (Wildman–Crippen LogP) is 4.31. The topological polar surface area (TPSA) is 44.7 Å². The summed E-state index contributed by atoms with van der Waals surface area (Å²) in [7, 11) is 2.12. The van der Waals surface area contributed by atoms with Gasteiger partial charge in [-0.05, 0) is 61.6 Å². The fourth-order valence-corrected chi connectivity index (χ4v) is 3.55. The average Bonchev–Trinajstić information content (AvgIpc) is 2.60. The normalized spacial score (nSPS) is 18.7. The standard InChI is InChI=1S/C21H24FN3O/c1-14-12-21(2,3)25(4)19-10-9-15(11-17(14)19)13-23-24-20(26)16-7-5-6-8-18(16)22/h5-11,13-14H,12H2,1-4H3,(H,24,26)/b23-13-/t14-/m0/s1. The van der Waals surface area contributed by atoms with Gasteiger partial charge in [0, 0.05) is 18.3 Å². The monoisotopic (exact) mass is 353 g/mol. The maximum absolute atomic E-state index is 13.6. The maximum atomic E-state index is 13.6. The molecule has 26 heavy (non-hydrogen) atoms. The molecule has 0 fully saturated rings. The first-order valence-electron chi connectivity index (χ1n) is 8.75. The number of halogens is 1. The quantitative estimate of drug-likeness (QED) is 0.660. The first kappa shape index (κ1) is 18.1. The van der Waals surface area contributed by atoms with E-state index in [1.54, 1.807) is 18.3 Å². The number of carbonyl (C=O) groups excluding carboxylic acids is 1. The summed E-state index contributed by atoms with van der Waals surface area (Å²) in [6, 6.07) is 12.0. The van der Waals surface area contributed by atoms with E-state index in [2.05, 4.69) is 55.4 Å². The van der Waals surface area contributed by atoms with Crippen LogP contribution >= 0.6 is 0 Å². The van der Waals surface area contributed by atoms with Crippen molar-refractivity contribution in [2.45, 2.75) is 38.6 Å². The molecular weight excluding hydrogens is 329 g/mol. The molecule has 0 radical (unpaired) electrons. The van der Waals surface area contributed by atoms with Gasteiger partial charge in [0.25, 0.3) is 5.91 Å². The molecule has 0 aliphatic carbocycles. The Bertz CT molecular complexity index is 860. The van der Waals surface area contributed by atoms with Gasteiger partial charge in [-0.1, -0.05) is 25.1 Å². The molecule has 4 nitrogen and oxygen atoms in total. The largest absolute Gasteiger partial charge is 0.369 e. The zero-order chi connectivity index (χ0) is 18.9. The Balaban J connectivity index is 1.76. The third kappa shape index (κ3) is 3.47. The van der Waals surface area contributed by atoms with E-state index < -0.39 is 11.7 Å². The Morgan fingerprint density at radius 2 is 2.04 bits per heavy atom. The van der Waals surface area contributed by atoms with Gasteiger partial charge >= 0.3 is 0 Å². The summed E-state index contributed by atoms with van der Waals surface area (Å²) in [5.41, 5.74) is 5.88. The van der Waals surface area contributed by atoms with Crippen LogP contribution in [0.5, 0.6) is 0 Å². The van der Waals surface area contributed by atoms with Crippen LogP contribution in [0.4, 0.5) is 10.1 Å². The number of nitrogens with one attached hydrogen (secondary N) is 1. The molecule has 3 rings (SSSR count). The highest BCUT2D eigenvalue weighted by Crippen LogP contribution is 2.42. The second-order valence-electron chi connectivity index (χ2n) is 7.47. The van der Waals surface area contributed by atoms with Gasteiger partial charge in [-0.15, -0.1) is 0 Å². The minimum atomic E-state index is -0.563. The fraction of sp³-hybridized carbons (Fsp3) is 0.333. The summed E-state index contributed by atoms with van der Waals surface area (Å²) in [4.78, 5) is 14.3. The van der Waals surface area contributed by atoms with E-state index >= 15 is 0 Å². The molecular formula is C21H24FN3O. The van der Waals surface area contributed by atoms with Gasteiger partial charge in [0.15, 0.2) is 0 Å². The third-order valence-electron chi connectivity index (χ3n) is 5.16. The summed E-state index contributed by atoms with van der Waals surface area (Å²) in [5.74, 6) is -0.682. The molecule has 1 amide bonds. The van der Waals surface area contributed by atoms with Gasteiger partial charge in [0.05, 0.1) is 11.8 Å². The van der Waals surface area contributed by atoms with E-state index in [1.165, 1.54) is 23.4 Å². The Labute approximate surface area is 153 Å². The molecule has 5 heteroatoms. The van der Waals surface area contributed by atoms with E-state index in [-0.39, 0.29) is 11.1 Å². The maximum Gasteiger partial charge on any atom is 0.274 e. The zero-order valence-corrected chi connectivity index (χ0v) is 15.6. The number of hydrazone groups is 1. The molecule has 1 aliphatic rings. The molecule has 2 aromatic carbocycles. The van der Waals surface area contributed by atoms with Crippen LogP contribution in [0.25, 0.3) is 0 Å². The number of amides is 1. The van der Waals surface area contributed by atoms with Crippen molar-refractivity contribution >= 4 is 17.8 Å². The van der Waals surface area contributed by atoms with Crippen molar-refractivity contribution < 1.29 is 9.18 Å². The van der Waals surface area contributed by atoms with E-state index in [4.69, 9.17) is 0 Å². The van der Waals surface area contributed by atoms with Crippen LogP contribution < -0.4 is 10.3 Å². The Kier molecular flexibility index (Phi) is 4.81. The number of nitrogens with zero attached hydrogens (tertiary/aromatic N) is 2. The summed E-state index contributed by atoms with van der Waals surface area (Å²) >= 11 is 0. The first-order valence-corrected chi connectivity index (χ1v) is 8.75. The lowest BCUT2D eigenvalue weighted by Crippen LogP contribution is -2.45. The second-order valence-corrected chi connectivity index (χ2v) is 7.47. The lowest BCUT2D eigenvalue weighted by atomic mass is 9.80. The molecule has 0 unspecified atom stereocenters. The number of rotatable bonds is 3. The molecule has 1 atom stereocenters. The smallest absolute Gasteiger partial charge is 0.274 e. The van der Waals surface area contributed by atoms with Crippen molar-refractivity contribution in [2.24, 2.45) is 5.10 Å². The SMILES string of the molecule is C[C@H]1CC(C)(C)N(C)c2ccc(/C=N\NC(=O)c3ccccc3F)cc21. The van der Waals surface area contributed by atoms with Gasteiger partial charge in [0.2, 0.25) is 0 Å². The van der Waals surface area contributed by atoms with Crippen molar-refractivity contribution in [2.75, 3.05) is 11.9 Å². The minimum Gasteiger partial charge on any atom is -0.369 e. The number of benzene rings is 2. The third-order valence-corrected chi connectivity index (χ3v) is 5.16. The van der Waals surface area contributed by atoms with Gasteiger partial charge in [0.1, 0.15) is 5.82 Å². The number of hydrogen-bond acceptors (Lipinski definition) is 3. The van der Waals surface area contributed by atoms with Crippen LogP contribution in [0.2, 0.25) is 0 Å². The van der Waals surface area contributed by atoms with Crippen molar-refractivity contribution in [3.8, 4) is 0 Å². The molecule has 0 aromatic heterocycles. The van der Waals surface area contributed by atoms with Crippen LogP contribution in [-0.2, 0) is 0 Å². The molecule has 2 aromatic rings. The van der Waals surface area contributed by atoms with Crippen LogP contribution in [0, 0.1) is 5.82 Å². The van der Waals surface area contributed by atoms with Crippen LogP contribution in [0.15, 0.2) is 47.6 Å². The van der Waals surface area contributed by atoms with Gasteiger partial charge in [-0.3, -0.25) is 4.79 Å². The fourth-order valence-electron chi connectivity index (χ4n) is 3.55. The van der Waals surface area contributed by atoms with E-state index in [0.29, 0.717) is 5.92 Å². The van der Waals surface area contributed by atoms with E-state index in [9.17, 15) is 9.18 Å². The van der Waals surface area contributed by atoms with Crippen LogP contribution in [0.3, 0.4) is 0 Å². The zero-order valence-electron chi connectivity index (χ0n) is 15.6. The molecule has 1 N–H and O–H groups in total. The highest BCUT2D eigenvalue weighted by molar-refractivity contribution is 5.95. The summed E-state index contributed by atoms with van der Waals surface area (Å²) in [5, 5.41) is 3.98. The molecule has 1 heterocycles. The van der Waals surface area contributed by atoms with Crippen molar-refractivity contribution in [1.82, 2.24) is 5.43 Å². The molecule has 0 bridgehead atoms. The van der Waals surface area contributed by atoms with Gasteiger partial charge < -0.3 is 4.90 Å². The summed E-state index contributed by atoms with van der Waals surface area (Å²) < 4.78 is 13.6. The van der Waals surface area contributed by atoms with Crippen LogP contribution in [-0.4, -0.2) is 24.7 Å². The molecule has 0 saturated carbocycles. The van der Waals surface area contributed by atoms with Gasteiger partial charge in [-0.2, -0.15) is 5.10 Å². The highest BCUT2D eigenvalue weighted by atomic mass is 19.1. The lowest BCUT2D eigenvalue weighted by Gasteiger charge is -2.45. The minimum absolute atomic E-state index is 0.0208. The Morgan fingerprint density at radius 1 is 1.31 bits per heavy atom. The van der Waals surface area contributed by atoms with Crippen molar-refractivity contribution in [1.29, 1.82) is 0 Å². The van der Waals surface area contributed by atoms with E-state index in [1.807, 2.05) is 6.07 Å². The van der Waals surface area contributed by atoms with E-state index in [0.717, 1.165) is 12.0 Å². The molecule has 136 valence electrons. The molecule has 0 spiro atoms. The number of carbonyl (C=O) groups is 1. The molecule has 0 saturated heterocycles. The first-order chi connectivity index (χ1) is 12.3. The summed E-state index contributed by atoms with van der Waals surface area (Å²) in [6.07, 6.45) is 2.66. The highest BCUT2D eigenvalue weighted by Gasteiger charge is 2.33. The van der Waals surface area contributed by atoms with Crippen LogP contribution in [0.1, 0.15) is 54.6 Å². The average molecular weight is 353 g/mol. The number of anilines is 1. The van der Waals surface area contributed by atoms with Gasteiger partial charge in [-0.25, -0.2) is 9.82 Å². The Hall–Kier alpha value is -2.69. The second kappa shape index (κ2) is 6.90. The predicted molar refractivity (Wildman–Crippen MR) is 103 cm³/mol. The Morgan fingerprint density at radius 3 is 2.77 bits per heavy atom. The number of hydrogen-bond donors (Lipinski definition) is 1. The molecule has 1 aliphatic heterocycles.